The van der Waals surface area contributed by atoms with Crippen molar-refractivity contribution in [2.45, 2.75) is 20.0 Å². The number of benzene rings is 2. The number of rotatable bonds is 5. The average Bonchev–Trinajstić information content (AvgIpc) is 3.04. The molecule has 0 aliphatic heterocycles. The summed E-state index contributed by atoms with van der Waals surface area (Å²) in [5.41, 5.74) is 1.19. The maximum atomic E-state index is 12.3. The van der Waals surface area contributed by atoms with Crippen LogP contribution in [-0.2, 0) is 4.74 Å². The van der Waals surface area contributed by atoms with E-state index in [0.717, 1.165) is 0 Å². The van der Waals surface area contributed by atoms with Gasteiger partial charge in [0.05, 0.1) is 5.69 Å². The van der Waals surface area contributed by atoms with Crippen molar-refractivity contribution in [3.63, 3.8) is 0 Å². The lowest BCUT2D eigenvalue weighted by molar-refractivity contribution is 0.0307. The number of ketones is 1. The predicted octanol–water partition coefficient (Wildman–Crippen LogP) is 3.66. The normalized spacial score (nSPS) is 11.8. The minimum absolute atomic E-state index is 0.106. The first-order valence-corrected chi connectivity index (χ1v) is 8.33. The summed E-state index contributed by atoms with van der Waals surface area (Å²) in [4.78, 5) is 28.7. The molecule has 0 saturated heterocycles. The third-order valence-corrected chi connectivity index (χ3v) is 3.99. The van der Waals surface area contributed by atoms with Crippen LogP contribution in [0.15, 0.2) is 54.6 Å². The molecule has 132 valence electrons. The molecule has 0 radical (unpaired) electrons. The molecule has 3 aromatic rings. The number of aryl methyl sites for hydroxylation is 1. The second-order valence-electron chi connectivity index (χ2n) is 5.65. The van der Waals surface area contributed by atoms with Gasteiger partial charge in [0.15, 0.2) is 6.10 Å². The summed E-state index contributed by atoms with van der Waals surface area (Å²) >= 11 is 5.88. The van der Waals surface area contributed by atoms with Gasteiger partial charge in [-0.05, 0) is 38.1 Å². The highest BCUT2D eigenvalue weighted by Crippen LogP contribution is 2.15. The molecule has 1 heterocycles. The van der Waals surface area contributed by atoms with Crippen LogP contribution in [0, 0.1) is 6.92 Å². The number of nitrogens with zero attached hydrogens (tertiary/aromatic N) is 3. The van der Waals surface area contributed by atoms with Crippen LogP contribution in [0.5, 0.6) is 0 Å². The molecular formula is C19H16ClN3O3. The Hall–Kier alpha value is -2.99. The average molecular weight is 370 g/mol. The van der Waals surface area contributed by atoms with Crippen molar-refractivity contribution in [3.8, 4) is 5.69 Å². The van der Waals surface area contributed by atoms with E-state index in [-0.39, 0.29) is 11.6 Å². The third kappa shape index (κ3) is 3.81. The van der Waals surface area contributed by atoms with Crippen LogP contribution in [0.3, 0.4) is 0 Å². The Kier molecular flexibility index (Phi) is 5.14. The van der Waals surface area contributed by atoms with Crippen LogP contribution in [0.25, 0.3) is 5.69 Å². The number of Topliss-reactive ketones (excluding diaryl/α,β-unsaturated/α-hetero) is 1. The molecule has 0 N–H and O–H groups in total. The summed E-state index contributed by atoms with van der Waals surface area (Å²) in [6.07, 6.45) is -0.937. The van der Waals surface area contributed by atoms with Crippen LogP contribution in [-0.4, -0.2) is 32.6 Å². The Labute approximate surface area is 155 Å². The molecular weight excluding hydrogens is 354 g/mol. The number of ether oxygens (including phenoxy) is 1. The van der Waals surface area contributed by atoms with Crippen LogP contribution < -0.4 is 0 Å². The Morgan fingerprint density at radius 3 is 2.38 bits per heavy atom. The van der Waals surface area contributed by atoms with E-state index in [2.05, 4.69) is 10.1 Å². The van der Waals surface area contributed by atoms with E-state index in [4.69, 9.17) is 16.3 Å². The summed E-state index contributed by atoms with van der Waals surface area (Å²) in [6.45, 7) is 3.24. The fraction of sp³-hybridized carbons (Fsp3) is 0.158. The standard InChI is InChI=1S/C19H16ClN3O3/c1-12(17(24)14-6-4-3-5-7-14)26-19(25)18-21-13(2)23(22-18)16-10-8-15(20)9-11-16/h3-12H,1-2H3. The lowest BCUT2D eigenvalue weighted by Crippen LogP contribution is -2.25. The molecule has 1 atom stereocenters. The van der Waals surface area contributed by atoms with Gasteiger partial charge in [-0.3, -0.25) is 4.79 Å². The van der Waals surface area contributed by atoms with E-state index in [0.29, 0.717) is 22.1 Å². The number of hydrogen-bond donors (Lipinski definition) is 0. The lowest BCUT2D eigenvalue weighted by atomic mass is 10.1. The molecule has 6 nitrogen and oxygen atoms in total. The van der Waals surface area contributed by atoms with Crippen molar-refractivity contribution in [1.82, 2.24) is 14.8 Å². The van der Waals surface area contributed by atoms with Gasteiger partial charge < -0.3 is 4.74 Å². The molecule has 0 spiro atoms. The molecule has 0 saturated carbocycles. The zero-order valence-corrected chi connectivity index (χ0v) is 15.0. The number of esters is 1. The van der Waals surface area contributed by atoms with Gasteiger partial charge >= 0.3 is 5.97 Å². The van der Waals surface area contributed by atoms with Crippen molar-refractivity contribution >= 4 is 23.4 Å². The lowest BCUT2D eigenvalue weighted by Gasteiger charge is -2.10. The number of carbonyl (C=O) groups excluding carboxylic acids is 2. The predicted molar refractivity (Wildman–Crippen MR) is 96.8 cm³/mol. The highest BCUT2D eigenvalue weighted by atomic mass is 35.5. The van der Waals surface area contributed by atoms with Gasteiger partial charge in [0, 0.05) is 10.6 Å². The van der Waals surface area contributed by atoms with E-state index >= 15 is 0 Å². The maximum absolute atomic E-state index is 12.3. The summed E-state index contributed by atoms with van der Waals surface area (Å²) in [5.74, 6) is -0.628. The highest BCUT2D eigenvalue weighted by molar-refractivity contribution is 6.30. The minimum Gasteiger partial charge on any atom is -0.448 e. The zero-order chi connectivity index (χ0) is 18.7. The van der Waals surface area contributed by atoms with E-state index in [1.54, 1.807) is 55.5 Å². The van der Waals surface area contributed by atoms with E-state index < -0.39 is 12.1 Å². The SMILES string of the molecule is Cc1nc(C(=O)OC(C)C(=O)c2ccccc2)nn1-c1ccc(Cl)cc1. The Morgan fingerprint density at radius 1 is 1.08 bits per heavy atom. The van der Waals surface area contributed by atoms with Gasteiger partial charge in [0.2, 0.25) is 5.78 Å². The van der Waals surface area contributed by atoms with E-state index in [1.807, 2.05) is 6.07 Å². The fourth-order valence-corrected chi connectivity index (χ4v) is 2.53. The summed E-state index contributed by atoms with van der Waals surface area (Å²) in [5, 5.41) is 4.77. The first-order valence-electron chi connectivity index (χ1n) is 7.95. The molecule has 0 amide bonds. The van der Waals surface area contributed by atoms with Gasteiger partial charge in [-0.1, -0.05) is 41.9 Å². The molecule has 1 aromatic heterocycles. The van der Waals surface area contributed by atoms with Crippen molar-refractivity contribution in [1.29, 1.82) is 0 Å². The summed E-state index contributed by atoms with van der Waals surface area (Å²) < 4.78 is 6.74. The molecule has 1 unspecified atom stereocenters. The third-order valence-electron chi connectivity index (χ3n) is 3.73. The summed E-state index contributed by atoms with van der Waals surface area (Å²) in [7, 11) is 0. The number of carbonyl (C=O) groups is 2. The second kappa shape index (κ2) is 7.49. The quantitative estimate of drug-likeness (QED) is 0.507. The molecule has 0 aliphatic rings. The highest BCUT2D eigenvalue weighted by Gasteiger charge is 2.23. The molecule has 0 bridgehead atoms. The zero-order valence-electron chi connectivity index (χ0n) is 14.2. The summed E-state index contributed by atoms with van der Waals surface area (Å²) in [6, 6.07) is 15.6. The maximum Gasteiger partial charge on any atom is 0.378 e. The first-order chi connectivity index (χ1) is 12.5. The number of aromatic nitrogens is 3. The molecule has 7 heteroatoms. The molecule has 0 aliphatic carbocycles. The van der Waals surface area contributed by atoms with Crippen LogP contribution in [0.1, 0.15) is 33.7 Å². The topological polar surface area (TPSA) is 74.1 Å². The smallest absolute Gasteiger partial charge is 0.378 e. The molecule has 26 heavy (non-hydrogen) atoms. The van der Waals surface area contributed by atoms with E-state index in [9.17, 15) is 9.59 Å². The van der Waals surface area contributed by atoms with Crippen LogP contribution >= 0.6 is 11.6 Å². The first kappa shape index (κ1) is 17.8. The Morgan fingerprint density at radius 2 is 1.73 bits per heavy atom. The van der Waals surface area contributed by atoms with Gasteiger partial charge in [-0.2, -0.15) is 0 Å². The largest absolute Gasteiger partial charge is 0.448 e. The fourth-order valence-electron chi connectivity index (χ4n) is 2.41. The van der Waals surface area contributed by atoms with Gasteiger partial charge in [-0.25, -0.2) is 14.5 Å². The van der Waals surface area contributed by atoms with Crippen molar-refractivity contribution in [2.24, 2.45) is 0 Å². The molecule has 3 rings (SSSR count). The monoisotopic (exact) mass is 369 g/mol. The van der Waals surface area contributed by atoms with Gasteiger partial charge in [0.1, 0.15) is 5.82 Å². The molecule has 0 fully saturated rings. The van der Waals surface area contributed by atoms with Gasteiger partial charge in [0.25, 0.3) is 5.82 Å². The van der Waals surface area contributed by atoms with Crippen LogP contribution in [0.2, 0.25) is 5.02 Å². The van der Waals surface area contributed by atoms with Crippen molar-refractivity contribution in [2.75, 3.05) is 0 Å². The molecule has 2 aromatic carbocycles. The Balaban J connectivity index is 1.75. The van der Waals surface area contributed by atoms with Crippen LogP contribution in [0.4, 0.5) is 0 Å². The van der Waals surface area contributed by atoms with Crippen molar-refractivity contribution in [3.05, 3.63) is 76.8 Å². The Bertz CT molecular complexity index is 936. The minimum atomic E-state index is -0.937. The van der Waals surface area contributed by atoms with Gasteiger partial charge in [-0.15, -0.1) is 5.10 Å². The number of halogens is 1. The van der Waals surface area contributed by atoms with Crippen molar-refractivity contribution < 1.29 is 14.3 Å². The number of hydrogen-bond acceptors (Lipinski definition) is 5. The van der Waals surface area contributed by atoms with E-state index in [1.165, 1.54) is 11.6 Å². The second-order valence-corrected chi connectivity index (χ2v) is 6.09.